The molecule has 0 fully saturated rings. The lowest BCUT2D eigenvalue weighted by Crippen LogP contribution is -2.34. The van der Waals surface area contributed by atoms with Crippen LogP contribution in [-0.4, -0.2) is 19.6 Å². The molecule has 0 bridgehead atoms. The summed E-state index contributed by atoms with van der Waals surface area (Å²) in [6, 6.07) is 6.32. The first-order valence-corrected chi connectivity index (χ1v) is 6.50. The van der Waals surface area contributed by atoms with Gasteiger partial charge >= 0.3 is 0 Å². The first-order chi connectivity index (χ1) is 8.79. The summed E-state index contributed by atoms with van der Waals surface area (Å²) < 4.78 is 5.66. The van der Waals surface area contributed by atoms with Gasteiger partial charge in [0, 0.05) is 13.5 Å². The van der Waals surface area contributed by atoms with Crippen molar-refractivity contribution in [3.8, 4) is 5.75 Å². The SMILES string of the molecule is CNNC(=O)CCCOc1ccc2c(c1)CCC2. The summed E-state index contributed by atoms with van der Waals surface area (Å²) in [6.45, 7) is 0.579. The molecule has 1 aliphatic carbocycles. The van der Waals surface area contributed by atoms with Gasteiger partial charge in [0.1, 0.15) is 5.75 Å². The molecule has 0 heterocycles. The molecule has 1 amide bonds. The number of hydrogen-bond acceptors (Lipinski definition) is 3. The van der Waals surface area contributed by atoms with Crippen LogP contribution in [0.2, 0.25) is 0 Å². The molecule has 0 atom stereocenters. The molecule has 0 radical (unpaired) electrons. The minimum atomic E-state index is -0.00458. The van der Waals surface area contributed by atoms with Crippen molar-refractivity contribution in [1.82, 2.24) is 10.9 Å². The molecule has 18 heavy (non-hydrogen) atoms. The highest BCUT2D eigenvalue weighted by Gasteiger charge is 2.11. The number of hydrazine groups is 1. The van der Waals surface area contributed by atoms with Crippen molar-refractivity contribution < 1.29 is 9.53 Å². The van der Waals surface area contributed by atoms with Crippen molar-refractivity contribution in [2.75, 3.05) is 13.7 Å². The summed E-state index contributed by atoms with van der Waals surface area (Å²) in [4.78, 5) is 11.2. The minimum absolute atomic E-state index is 0.00458. The lowest BCUT2D eigenvalue weighted by atomic mass is 10.1. The Morgan fingerprint density at radius 2 is 2.17 bits per heavy atom. The van der Waals surface area contributed by atoms with Crippen LogP contribution in [0.4, 0.5) is 0 Å². The van der Waals surface area contributed by atoms with Gasteiger partial charge < -0.3 is 4.74 Å². The first kappa shape index (κ1) is 12.9. The summed E-state index contributed by atoms with van der Waals surface area (Å²) in [5.74, 6) is 0.916. The third-order valence-electron chi connectivity index (χ3n) is 3.15. The van der Waals surface area contributed by atoms with Gasteiger partial charge in [-0.1, -0.05) is 6.07 Å². The second kappa shape index (κ2) is 6.40. The van der Waals surface area contributed by atoms with E-state index in [9.17, 15) is 4.79 Å². The van der Waals surface area contributed by atoms with E-state index in [0.717, 1.165) is 18.6 Å². The highest BCUT2D eigenvalue weighted by atomic mass is 16.5. The first-order valence-electron chi connectivity index (χ1n) is 6.50. The van der Waals surface area contributed by atoms with Crippen LogP contribution in [-0.2, 0) is 17.6 Å². The Kier molecular flexibility index (Phi) is 4.59. The Balaban J connectivity index is 1.72. The number of ether oxygens (including phenoxy) is 1. The standard InChI is InChI=1S/C14H20N2O2/c1-15-16-14(17)6-3-9-18-13-8-7-11-4-2-5-12(11)10-13/h7-8,10,15H,2-6,9H2,1H3,(H,16,17). The van der Waals surface area contributed by atoms with Crippen LogP contribution in [0.15, 0.2) is 18.2 Å². The van der Waals surface area contributed by atoms with Crippen molar-refractivity contribution in [1.29, 1.82) is 0 Å². The zero-order valence-electron chi connectivity index (χ0n) is 10.8. The number of hydrogen-bond donors (Lipinski definition) is 2. The summed E-state index contributed by atoms with van der Waals surface area (Å²) in [5, 5.41) is 0. The van der Waals surface area contributed by atoms with Gasteiger partial charge in [-0.05, 0) is 48.9 Å². The number of rotatable bonds is 6. The molecule has 4 heteroatoms. The number of carbonyl (C=O) groups excluding carboxylic acids is 1. The number of aryl methyl sites for hydroxylation is 2. The quantitative estimate of drug-likeness (QED) is 0.593. The van der Waals surface area contributed by atoms with E-state index in [4.69, 9.17) is 4.74 Å². The molecular weight excluding hydrogens is 228 g/mol. The molecule has 0 unspecified atom stereocenters. The fourth-order valence-electron chi connectivity index (χ4n) is 2.26. The predicted octanol–water partition coefficient (Wildman–Crippen LogP) is 1.58. The molecular formula is C14H20N2O2. The summed E-state index contributed by atoms with van der Waals surface area (Å²) >= 11 is 0. The molecule has 4 nitrogen and oxygen atoms in total. The van der Waals surface area contributed by atoms with E-state index in [1.54, 1.807) is 7.05 Å². The molecule has 1 aromatic carbocycles. The maximum absolute atomic E-state index is 11.2. The van der Waals surface area contributed by atoms with E-state index in [1.807, 2.05) is 6.07 Å². The molecule has 0 aliphatic heterocycles. The summed E-state index contributed by atoms with van der Waals surface area (Å²) in [5.41, 5.74) is 8.02. The molecule has 1 aromatic rings. The van der Waals surface area contributed by atoms with Gasteiger partial charge in [-0.2, -0.15) is 0 Å². The fourth-order valence-corrected chi connectivity index (χ4v) is 2.26. The Hall–Kier alpha value is -1.55. The number of benzene rings is 1. The van der Waals surface area contributed by atoms with Gasteiger partial charge in [0.25, 0.3) is 0 Å². The van der Waals surface area contributed by atoms with Crippen molar-refractivity contribution in [3.05, 3.63) is 29.3 Å². The Labute approximate surface area is 108 Å². The molecule has 0 saturated heterocycles. The molecule has 98 valence electrons. The van der Waals surface area contributed by atoms with Gasteiger partial charge in [0.2, 0.25) is 5.91 Å². The van der Waals surface area contributed by atoms with Gasteiger partial charge in [-0.15, -0.1) is 0 Å². The molecule has 2 rings (SSSR count). The van der Waals surface area contributed by atoms with Crippen molar-refractivity contribution in [2.45, 2.75) is 32.1 Å². The lowest BCUT2D eigenvalue weighted by molar-refractivity contribution is -0.122. The molecule has 2 N–H and O–H groups in total. The van der Waals surface area contributed by atoms with E-state index in [1.165, 1.54) is 24.0 Å². The van der Waals surface area contributed by atoms with Crippen LogP contribution in [0.3, 0.4) is 0 Å². The van der Waals surface area contributed by atoms with Crippen LogP contribution >= 0.6 is 0 Å². The summed E-state index contributed by atoms with van der Waals surface area (Å²) in [7, 11) is 1.68. The Morgan fingerprint density at radius 1 is 1.33 bits per heavy atom. The zero-order valence-corrected chi connectivity index (χ0v) is 10.8. The van der Waals surface area contributed by atoms with E-state index in [0.29, 0.717) is 13.0 Å². The smallest absolute Gasteiger partial charge is 0.234 e. The minimum Gasteiger partial charge on any atom is -0.494 e. The zero-order chi connectivity index (χ0) is 12.8. The van der Waals surface area contributed by atoms with Gasteiger partial charge in [-0.25, -0.2) is 5.43 Å². The Morgan fingerprint density at radius 3 is 3.00 bits per heavy atom. The second-order valence-electron chi connectivity index (χ2n) is 4.53. The van der Waals surface area contributed by atoms with Gasteiger partial charge in [-0.3, -0.25) is 10.2 Å². The van der Waals surface area contributed by atoms with Crippen molar-refractivity contribution >= 4 is 5.91 Å². The van der Waals surface area contributed by atoms with Gasteiger partial charge in [0.15, 0.2) is 0 Å². The third-order valence-corrected chi connectivity index (χ3v) is 3.15. The average molecular weight is 248 g/mol. The number of nitrogens with one attached hydrogen (secondary N) is 2. The van der Waals surface area contributed by atoms with Crippen LogP contribution in [0.1, 0.15) is 30.4 Å². The second-order valence-corrected chi connectivity index (χ2v) is 4.53. The largest absolute Gasteiger partial charge is 0.494 e. The molecule has 0 spiro atoms. The highest BCUT2D eigenvalue weighted by Crippen LogP contribution is 2.26. The van der Waals surface area contributed by atoms with Crippen molar-refractivity contribution in [2.24, 2.45) is 0 Å². The van der Waals surface area contributed by atoms with E-state index < -0.39 is 0 Å². The number of fused-ring (bicyclic) bond motifs is 1. The number of carbonyl (C=O) groups is 1. The third kappa shape index (κ3) is 3.47. The van der Waals surface area contributed by atoms with Crippen LogP contribution < -0.4 is 15.6 Å². The summed E-state index contributed by atoms with van der Waals surface area (Å²) in [6.07, 6.45) is 4.82. The predicted molar refractivity (Wildman–Crippen MR) is 70.4 cm³/mol. The lowest BCUT2D eigenvalue weighted by Gasteiger charge is -2.08. The topological polar surface area (TPSA) is 50.4 Å². The monoisotopic (exact) mass is 248 g/mol. The van der Waals surface area contributed by atoms with Crippen LogP contribution in [0, 0.1) is 0 Å². The normalized spacial score (nSPS) is 13.2. The van der Waals surface area contributed by atoms with E-state index in [-0.39, 0.29) is 5.91 Å². The fraction of sp³-hybridized carbons (Fsp3) is 0.500. The van der Waals surface area contributed by atoms with Crippen LogP contribution in [0.25, 0.3) is 0 Å². The maximum atomic E-state index is 11.2. The molecule has 0 aromatic heterocycles. The maximum Gasteiger partial charge on any atom is 0.234 e. The van der Waals surface area contributed by atoms with E-state index in [2.05, 4.69) is 23.0 Å². The van der Waals surface area contributed by atoms with Crippen LogP contribution in [0.5, 0.6) is 5.75 Å². The van der Waals surface area contributed by atoms with Gasteiger partial charge in [0.05, 0.1) is 6.61 Å². The average Bonchev–Trinajstić information content (AvgIpc) is 2.82. The van der Waals surface area contributed by atoms with E-state index >= 15 is 0 Å². The highest BCUT2D eigenvalue weighted by molar-refractivity contribution is 5.75. The molecule has 0 saturated carbocycles. The molecule has 1 aliphatic rings. The van der Waals surface area contributed by atoms with Crippen molar-refractivity contribution in [3.63, 3.8) is 0 Å². The number of amides is 1. The Bertz CT molecular complexity index is 418.